The average molecular weight is 326 g/mol. The first-order valence-corrected chi connectivity index (χ1v) is 7.66. The molecule has 0 radical (unpaired) electrons. The van der Waals surface area contributed by atoms with E-state index in [1.807, 2.05) is 18.9 Å². The number of benzene rings is 1. The molecular weight excluding hydrogens is 309 g/mol. The second kappa shape index (κ2) is 7.10. The predicted octanol–water partition coefficient (Wildman–Crippen LogP) is 1.82. The van der Waals surface area contributed by atoms with Gasteiger partial charge in [0.25, 0.3) is 0 Å². The van der Waals surface area contributed by atoms with Gasteiger partial charge in [-0.15, -0.1) is 13.2 Å². The molecular formula is C12H17F3N2O3S. The van der Waals surface area contributed by atoms with Crippen LogP contribution in [-0.4, -0.2) is 46.4 Å². The molecule has 0 spiro atoms. The second-order valence-corrected chi connectivity index (χ2v) is 6.08. The fraction of sp³-hybridized carbons (Fsp3) is 0.500. The summed E-state index contributed by atoms with van der Waals surface area (Å²) in [6.45, 7) is 3.47. The van der Waals surface area contributed by atoms with E-state index in [9.17, 15) is 21.6 Å². The van der Waals surface area contributed by atoms with Crippen molar-refractivity contribution in [1.82, 2.24) is 9.62 Å². The highest BCUT2D eigenvalue weighted by molar-refractivity contribution is 7.89. The van der Waals surface area contributed by atoms with Crippen molar-refractivity contribution < 1.29 is 26.3 Å². The van der Waals surface area contributed by atoms with Crippen LogP contribution in [0.2, 0.25) is 0 Å². The lowest BCUT2D eigenvalue weighted by atomic mass is 10.3. The summed E-state index contributed by atoms with van der Waals surface area (Å²) in [6, 6.07) is 4.04. The van der Waals surface area contributed by atoms with Crippen LogP contribution in [0.4, 0.5) is 13.2 Å². The molecule has 0 bridgehead atoms. The van der Waals surface area contributed by atoms with E-state index in [1.54, 1.807) is 0 Å². The second-order valence-electron chi connectivity index (χ2n) is 4.31. The van der Waals surface area contributed by atoms with Gasteiger partial charge in [0.2, 0.25) is 10.0 Å². The molecule has 1 aromatic carbocycles. The number of hydrogen-bond donors (Lipinski definition) is 1. The number of nitrogens with one attached hydrogen (secondary N) is 1. The Morgan fingerprint density at radius 1 is 1.24 bits per heavy atom. The van der Waals surface area contributed by atoms with Gasteiger partial charge < -0.3 is 9.64 Å². The van der Waals surface area contributed by atoms with Crippen molar-refractivity contribution in [3.63, 3.8) is 0 Å². The highest BCUT2D eigenvalue weighted by Gasteiger charge is 2.31. The first-order chi connectivity index (χ1) is 9.64. The van der Waals surface area contributed by atoms with Gasteiger partial charge in [-0.25, -0.2) is 13.1 Å². The number of likely N-dealkylation sites (N-methyl/N-ethyl adjacent to an activating group) is 1. The van der Waals surface area contributed by atoms with Crippen LogP contribution in [0.5, 0.6) is 5.75 Å². The maximum absolute atomic E-state index is 12.0. The van der Waals surface area contributed by atoms with Crippen molar-refractivity contribution in [2.75, 3.05) is 26.7 Å². The first kappa shape index (κ1) is 17.7. The Labute approximate surface area is 121 Å². The van der Waals surface area contributed by atoms with Gasteiger partial charge in [-0.3, -0.25) is 0 Å². The lowest BCUT2D eigenvalue weighted by Gasteiger charge is -2.14. The third-order valence-corrected chi connectivity index (χ3v) is 4.17. The van der Waals surface area contributed by atoms with E-state index in [-0.39, 0.29) is 11.4 Å². The molecule has 0 saturated carbocycles. The molecule has 0 aliphatic carbocycles. The molecule has 1 rings (SSSR count). The third-order valence-electron chi connectivity index (χ3n) is 2.69. The van der Waals surface area contributed by atoms with E-state index >= 15 is 0 Å². The van der Waals surface area contributed by atoms with E-state index in [0.29, 0.717) is 6.54 Å². The van der Waals surface area contributed by atoms with Crippen LogP contribution in [0, 0.1) is 0 Å². The highest BCUT2D eigenvalue weighted by Crippen LogP contribution is 2.23. The van der Waals surface area contributed by atoms with E-state index in [4.69, 9.17) is 0 Å². The molecule has 120 valence electrons. The molecule has 0 fully saturated rings. The molecule has 0 heterocycles. The van der Waals surface area contributed by atoms with E-state index in [0.717, 1.165) is 30.8 Å². The van der Waals surface area contributed by atoms with Gasteiger partial charge >= 0.3 is 6.36 Å². The molecule has 0 atom stereocenters. The minimum Gasteiger partial charge on any atom is -0.406 e. The minimum absolute atomic E-state index is 0.115. The number of nitrogens with zero attached hydrogens (tertiary/aromatic N) is 1. The summed E-state index contributed by atoms with van der Waals surface area (Å²) in [5.41, 5.74) is 0. The van der Waals surface area contributed by atoms with Crippen LogP contribution in [0.1, 0.15) is 6.92 Å². The van der Waals surface area contributed by atoms with E-state index < -0.39 is 22.1 Å². The molecule has 5 nitrogen and oxygen atoms in total. The fourth-order valence-electron chi connectivity index (χ4n) is 1.43. The Hall–Kier alpha value is -1.32. The van der Waals surface area contributed by atoms with Crippen molar-refractivity contribution in [3.05, 3.63) is 24.3 Å². The van der Waals surface area contributed by atoms with E-state index in [2.05, 4.69) is 9.46 Å². The number of ether oxygens (including phenoxy) is 1. The maximum atomic E-state index is 12.0. The van der Waals surface area contributed by atoms with Gasteiger partial charge in [0, 0.05) is 13.1 Å². The van der Waals surface area contributed by atoms with Gasteiger partial charge in [-0.1, -0.05) is 6.92 Å². The van der Waals surface area contributed by atoms with Crippen LogP contribution >= 0.6 is 0 Å². The fourth-order valence-corrected chi connectivity index (χ4v) is 2.45. The third kappa shape index (κ3) is 6.32. The summed E-state index contributed by atoms with van der Waals surface area (Å²) in [4.78, 5) is 1.80. The zero-order chi connectivity index (χ0) is 16.1. The van der Waals surface area contributed by atoms with Crippen molar-refractivity contribution in [1.29, 1.82) is 0 Å². The Morgan fingerprint density at radius 3 is 2.29 bits per heavy atom. The summed E-state index contributed by atoms with van der Waals surface area (Å²) in [5, 5.41) is 0. The van der Waals surface area contributed by atoms with Crippen LogP contribution < -0.4 is 9.46 Å². The summed E-state index contributed by atoms with van der Waals surface area (Å²) < 4.78 is 65.8. The molecule has 1 N–H and O–H groups in total. The number of alkyl halides is 3. The van der Waals surface area contributed by atoms with Crippen LogP contribution in [0.25, 0.3) is 0 Å². The molecule has 21 heavy (non-hydrogen) atoms. The topological polar surface area (TPSA) is 58.6 Å². The first-order valence-electron chi connectivity index (χ1n) is 6.18. The quantitative estimate of drug-likeness (QED) is 0.830. The Morgan fingerprint density at radius 2 is 1.81 bits per heavy atom. The normalized spacial score (nSPS) is 12.7. The molecule has 9 heteroatoms. The largest absolute Gasteiger partial charge is 0.573 e. The van der Waals surface area contributed by atoms with Crippen molar-refractivity contribution in [2.24, 2.45) is 0 Å². The summed E-state index contributed by atoms with van der Waals surface area (Å²) >= 11 is 0. The van der Waals surface area contributed by atoms with Crippen LogP contribution in [-0.2, 0) is 10.0 Å². The highest BCUT2D eigenvalue weighted by atomic mass is 32.2. The smallest absolute Gasteiger partial charge is 0.406 e. The molecule has 0 saturated heterocycles. The molecule has 0 unspecified atom stereocenters. The SMILES string of the molecule is CCN(C)CCNS(=O)(=O)c1ccc(OC(F)(F)F)cc1. The number of halogens is 3. The van der Waals surface area contributed by atoms with Crippen molar-refractivity contribution in [3.8, 4) is 5.75 Å². The lowest BCUT2D eigenvalue weighted by molar-refractivity contribution is -0.274. The van der Waals surface area contributed by atoms with Gasteiger partial charge in [0.05, 0.1) is 4.90 Å². The van der Waals surface area contributed by atoms with Gasteiger partial charge in [-0.05, 0) is 37.9 Å². The number of sulfonamides is 1. The van der Waals surface area contributed by atoms with Gasteiger partial charge in [0.1, 0.15) is 5.75 Å². The molecule has 0 aliphatic heterocycles. The maximum Gasteiger partial charge on any atom is 0.573 e. The van der Waals surface area contributed by atoms with Crippen LogP contribution in [0.3, 0.4) is 0 Å². The van der Waals surface area contributed by atoms with Crippen molar-refractivity contribution >= 4 is 10.0 Å². The summed E-state index contributed by atoms with van der Waals surface area (Å²) in [6.07, 6.45) is -4.80. The van der Waals surface area contributed by atoms with Crippen molar-refractivity contribution in [2.45, 2.75) is 18.2 Å². The lowest BCUT2D eigenvalue weighted by Crippen LogP contribution is -2.32. The van der Waals surface area contributed by atoms with E-state index in [1.165, 1.54) is 0 Å². The van der Waals surface area contributed by atoms with Gasteiger partial charge in [0.15, 0.2) is 0 Å². The van der Waals surface area contributed by atoms with Gasteiger partial charge in [-0.2, -0.15) is 0 Å². The zero-order valence-corrected chi connectivity index (χ0v) is 12.5. The standard InChI is InChI=1S/C12H17F3N2O3S/c1-3-17(2)9-8-16-21(18,19)11-6-4-10(5-7-11)20-12(13,14)15/h4-7,16H,3,8-9H2,1-2H3. The Kier molecular flexibility index (Phi) is 5.99. The minimum atomic E-state index is -4.80. The Balaban J connectivity index is 2.67. The number of hydrogen-bond acceptors (Lipinski definition) is 4. The molecule has 1 aromatic rings. The molecule has 0 aromatic heterocycles. The summed E-state index contributed by atoms with van der Waals surface area (Å²) in [7, 11) is -1.89. The van der Waals surface area contributed by atoms with Crippen LogP contribution in [0.15, 0.2) is 29.2 Å². The zero-order valence-electron chi connectivity index (χ0n) is 11.6. The number of rotatable bonds is 7. The monoisotopic (exact) mass is 326 g/mol. The molecule has 0 amide bonds. The molecule has 0 aliphatic rings. The Bertz CT molecular complexity index is 544. The summed E-state index contributed by atoms with van der Waals surface area (Å²) in [5.74, 6) is -0.466. The average Bonchev–Trinajstić information content (AvgIpc) is 2.37. The predicted molar refractivity (Wildman–Crippen MR) is 71.5 cm³/mol.